The van der Waals surface area contributed by atoms with E-state index < -0.39 is 0 Å². The van der Waals surface area contributed by atoms with Gasteiger partial charge in [-0.2, -0.15) is 0 Å². The Morgan fingerprint density at radius 3 is 2.75 bits per heavy atom. The van der Waals surface area contributed by atoms with Crippen molar-refractivity contribution in [1.82, 2.24) is 9.88 Å². The molecule has 16 heavy (non-hydrogen) atoms. The maximum Gasteiger partial charge on any atom is 0.106 e. The van der Waals surface area contributed by atoms with Crippen LogP contribution in [0.2, 0.25) is 0 Å². The highest BCUT2D eigenvalue weighted by Gasteiger charge is 2.21. The van der Waals surface area contributed by atoms with Crippen LogP contribution in [0.25, 0.3) is 0 Å². The van der Waals surface area contributed by atoms with Gasteiger partial charge in [-0.3, -0.25) is 4.90 Å². The fraction of sp³-hybridized carbons (Fsp3) is 0.583. The Morgan fingerprint density at radius 1 is 1.44 bits per heavy atom. The Bertz CT molecular complexity index is 349. The second-order valence-corrected chi connectivity index (χ2v) is 5.25. The first-order valence-electron chi connectivity index (χ1n) is 5.61. The summed E-state index contributed by atoms with van der Waals surface area (Å²) in [6, 6.07) is 4.14. The van der Waals surface area contributed by atoms with E-state index in [1.807, 2.05) is 6.20 Å². The molecule has 1 fully saturated rings. The molecule has 1 aliphatic rings. The zero-order chi connectivity index (χ0) is 11.5. The summed E-state index contributed by atoms with van der Waals surface area (Å²) in [6.07, 6.45) is 2.50. The molecule has 0 saturated carbocycles. The summed E-state index contributed by atoms with van der Waals surface area (Å²) in [5.41, 5.74) is 1.29. The van der Waals surface area contributed by atoms with Crippen LogP contribution in [0.1, 0.15) is 19.4 Å². The Balaban J connectivity index is 1.98. The zero-order valence-corrected chi connectivity index (χ0v) is 11.3. The molecule has 2 rings (SSSR count). The minimum absolute atomic E-state index is 0.328. The molecule has 1 aromatic heterocycles. The molecule has 2 heterocycles. The predicted molar refractivity (Wildman–Crippen MR) is 67.2 cm³/mol. The van der Waals surface area contributed by atoms with Gasteiger partial charge in [-0.25, -0.2) is 4.98 Å². The number of morpholine rings is 1. The monoisotopic (exact) mass is 284 g/mol. The molecule has 0 aliphatic carbocycles. The van der Waals surface area contributed by atoms with Crippen molar-refractivity contribution in [3.63, 3.8) is 0 Å². The second kappa shape index (κ2) is 5.25. The van der Waals surface area contributed by atoms with E-state index in [1.54, 1.807) is 0 Å². The molecule has 0 radical (unpaired) electrons. The van der Waals surface area contributed by atoms with E-state index in [-0.39, 0.29) is 0 Å². The third kappa shape index (κ3) is 3.27. The summed E-state index contributed by atoms with van der Waals surface area (Å²) >= 11 is 3.40. The van der Waals surface area contributed by atoms with Gasteiger partial charge in [0.25, 0.3) is 0 Å². The quantitative estimate of drug-likeness (QED) is 0.780. The van der Waals surface area contributed by atoms with Gasteiger partial charge >= 0.3 is 0 Å². The Hall–Kier alpha value is -0.450. The lowest BCUT2D eigenvalue weighted by Crippen LogP contribution is -2.44. The summed E-state index contributed by atoms with van der Waals surface area (Å²) in [5.74, 6) is 0. The number of rotatable bonds is 2. The highest BCUT2D eigenvalue weighted by Crippen LogP contribution is 2.15. The lowest BCUT2D eigenvalue weighted by Gasteiger charge is -2.35. The highest BCUT2D eigenvalue weighted by molar-refractivity contribution is 9.10. The lowest BCUT2D eigenvalue weighted by atomic mass is 10.2. The molecule has 0 aromatic carbocycles. The van der Waals surface area contributed by atoms with Gasteiger partial charge in [0.05, 0.1) is 12.2 Å². The number of nitrogens with zero attached hydrogens (tertiary/aromatic N) is 2. The fourth-order valence-electron chi connectivity index (χ4n) is 2.21. The van der Waals surface area contributed by atoms with E-state index in [4.69, 9.17) is 4.74 Å². The van der Waals surface area contributed by atoms with Gasteiger partial charge in [-0.15, -0.1) is 0 Å². The Kier molecular flexibility index (Phi) is 3.95. The van der Waals surface area contributed by atoms with Crippen LogP contribution in [0.15, 0.2) is 22.9 Å². The molecule has 2 atom stereocenters. The molecule has 0 spiro atoms. The molecule has 3 nitrogen and oxygen atoms in total. The van der Waals surface area contributed by atoms with Crippen LogP contribution >= 0.6 is 15.9 Å². The van der Waals surface area contributed by atoms with Crippen LogP contribution in [0.4, 0.5) is 0 Å². The molecule has 1 aromatic rings. The van der Waals surface area contributed by atoms with Gasteiger partial charge in [-0.1, -0.05) is 0 Å². The lowest BCUT2D eigenvalue weighted by molar-refractivity contribution is -0.0704. The van der Waals surface area contributed by atoms with Crippen LogP contribution in [-0.2, 0) is 11.3 Å². The standard InChI is InChI=1S/C12H17BrN2O/c1-9-6-15(7-10(2)16-9)8-11-3-4-14-12(13)5-11/h3-5,9-10H,6-8H2,1-2H3/t9-,10+. The van der Waals surface area contributed by atoms with Crippen LogP contribution in [-0.4, -0.2) is 35.2 Å². The van der Waals surface area contributed by atoms with Crippen LogP contribution < -0.4 is 0 Å². The van der Waals surface area contributed by atoms with E-state index in [9.17, 15) is 0 Å². The summed E-state index contributed by atoms with van der Waals surface area (Å²) in [5, 5.41) is 0. The van der Waals surface area contributed by atoms with E-state index in [1.165, 1.54) is 5.56 Å². The van der Waals surface area contributed by atoms with Crippen molar-refractivity contribution in [1.29, 1.82) is 0 Å². The smallest absolute Gasteiger partial charge is 0.106 e. The summed E-state index contributed by atoms with van der Waals surface area (Å²) in [7, 11) is 0. The average molecular weight is 285 g/mol. The summed E-state index contributed by atoms with van der Waals surface area (Å²) in [6.45, 7) is 7.24. The van der Waals surface area contributed by atoms with Gasteiger partial charge in [0.1, 0.15) is 4.60 Å². The molecule has 1 saturated heterocycles. The first-order chi connectivity index (χ1) is 7.63. The molecule has 88 valence electrons. The molecule has 4 heteroatoms. The van der Waals surface area contributed by atoms with E-state index >= 15 is 0 Å². The van der Waals surface area contributed by atoms with Gasteiger partial charge in [-0.05, 0) is 47.5 Å². The molecule has 0 unspecified atom stereocenters. The first kappa shape index (κ1) is 12.0. The SMILES string of the molecule is C[C@@H]1CN(Cc2ccnc(Br)c2)C[C@H](C)O1. The highest BCUT2D eigenvalue weighted by atomic mass is 79.9. The third-order valence-corrected chi connectivity index (χ3v) is 3.13. The Labute approximate surface area is 105 Å². The van der Waals surface area contributed by atoms with Crippen molar-refractivity contribution in [2.75, 3.05) is 13.1 Å². The van der Waals surface area contributed by atoms with Gasteiger partial charge in [0.15, 0.2) is 0 Å². The number of halogens is 1. The van der Waals surface area contributed by atoms with Crippen molar-refractivity contribution >= 4 is 15.9 Å². The van der Waals surface area contributed by atoms with Crippen molar-refractivity contribution in [2.45, 2.75) is 32.6 Å². The van der Waals surface area contributed by atoms with Crippen LogP contribution in [0.5, 0.6) is 0 Å². The largest absolute Gasteiger partial charge is 0.373 e. The van der Waals surface area contributed by atoms with E-state index in [0.29, 0.717) is 12.2 Å². The van der Waals surface area contributed by atoms with E-state index in [2.05, 4.69) is 51.8 Å². The average Bonchev–Trinajstić information content (AvgIpc) is 2.15. The molecular formula is C12H17BrN2O. The number of hydrogen-bond donors (Lipinski definition) is 0. The molecule has 0 N–H and O–H groups in total. The predicted octanol–water partition coefficient (Wildman–Crippen LogP) is 2.45. The second-order valence-electron chi connectivity index (χ2n) is 4.44. The third-order valence-electron chi connectivity index (χ3n) is 2.69. The summed E-state index contributed by atoms with van der Waals surface area (Å²) in [4.78, 5) is 6.57. The van der Waals surface area contributed by atoms with Gasteiger partial charge in [0, 0.05) is 25.8 Å². The minimum atomic E-state index is 0.328. The Morgan fingerprint density at radius 2 is 2.12 bits per heavy atom. The topological polar surface area (TPSA) is 25.4 Å². The normalized spacial score (nSPS) is 26.9. The molecule has 0 bridgehead atoms. The van der Waals surface area contributed by atoms with Crippen molar-refractivity contribution in [3.05, 3.63) is 28.5 Å². The van der Waals surface area contributed by atoms with Gasteiger partial charge in [0.2, 0.25) is 0 Å². The van der Waals surface area contributed by atoms with Crippen molar-refractivity contribution in [3.8, 4) is 0 Å². The minimum Gasteiger partial charge on any atom is -0.373 e. The van der Waals surface area contributed by atoms with Crippen molar-refractivity contribution in [2.24, 2.45) is 0 Å². The molecule has 0 amide bonds. The molecular weight excluding hydrogens is 268 g/mol. The number of hydrogen-bond acceptors (Lipinski definition) is 3. The van der Waals surface area contributed by atoms with Crippen LogP contribution in [0, 0.1) is 0 Å². The van der Waals surface area contributed by atoms with Crippen LogP contribution in [0.3, 0.4) is 0 Å². The van der Waals surface area contributed by atoms with E-state index in [0.717, 1.165) is 24.2 Å². The first-order valence-corrected chi connectivity index (χ1v) is 6.41. The van der Waals surface area contributed by atoms with Crippen molar-refractivity contribution < 1.29 is 4.74 Å². The number of pyridine rings is 1. The number of aromatic nitrogens is 1. The number of ether oxygens (including phenoxy) is 1. The fourth-order valence-corrected chi connectivity index (χ4v) is 2.62. The molecule has 1 aliphatic heterocycles. The zero-order valence-electron chi connectivity index (χ0n) is 9.69. The maximum atomic E-state index is 5.71. The summed E-state index contributed by atoms with van der Waals surface area (Å²) < 4.78 is 6.62. The van der Waals surface area contributed by atoms with Gasteiger partial charge < -0.3 is 4.74 Å². The maximum absolute atomic E-state index is 5.71.